The number of halogens is 1. The van der Waals surface area contributed by atoms with Crippen molar-refractivity contribution in [2.45, 2.75) is 6.54 Å². The zero-order valence-corrected chi connectivity index (χ0v) is 11.6. The number of carbonyl (C=O) groups is 1. The van der Waals surface area contributed by atoms with Crippen LogP contribution in [-0.2, 0) is 6.54 Å². The lowest BCUT2D eigenvalue weighted by Gasteiger charge is -2.05. The maximum atomic E-state index is 12.2. The molecular weight excluding hydrogens is 292 g/mol. The summed E-state index contributed by atoms with van der Waals surface area (Å²) in [6.07, 6.45) is 0. The Hall–Kier alpha value is -2.53. The van der Waals surface area contributed by atoms with E-state index in [2.05, 4.69) is 5.32 Å². The summed E-state index contributed by atoms with van der Waals surface area (Å²) in [7, 11) is 0. The SMILES string of the molecule is O=C(NCc1ccccc1)n1c(=O)oc2ccc(Cl)cc21. The molecule has 3 aromatic rings. The van der Waals surface area contributed by atoms with Crippen LogP contribution in [0.4, 0.5) is 4.79 Å². The smallest absolute Gasteiger partial charge is 0.407 e. The molecule has 0 radical (unpaired) electrons. The van der Waals surface area contributed by atoms with Gasteiger partial charge < -0.3 is 9.73 Å². The van der Waals surface area contributed by atoms with Crippen molar-refractivity contribution in [2.24, 2.45) is 0 Å². The van der Waals surface area contributed by atoms with E-state index in [0.717, 1.165) is 10.1 Å². The van der Waals surface area contributed by atoms with Gasteiger partial charge in [0.1, 0.15) is 5.52 Å². The molecular formula is C15H11ClN2O3. The van der Waals surface area contributed by atoms with Crippen LogP contribution in [0, 0.1) is 0 Å². The maximum absolute atomic E-state index is 12.2. The first-order valence-corrected chi connectivity index (χ1v) is 6.66. The molecule has 2 aromatic carbocycles. The summed E-state index contributed by atoms with van der Waals surface area (Å²) in [5.74, 6) is -0.738. The number of fused-ring (bicyclic) bond motifs is 1. The Bertz CT molecular complexity index is 852. The van der Waals surface area contributed by atoms with E-state index in [4.69, 9.17) is 16.0 Å². The van der Waals surface area contributed by atoms with Gasteiger partial charge in [0.05, 0.1) is 0 Å². The Morgan fingerprint density at radius 3 is 2.71 bits per heavy atom. The lowest BCUT2D eigenvalue weighted by Crippen LogP contribution is -2.33. The molecule has 0 spiro atoms. The highest BCUT2D eigenvalue weighted by molar-refractivity contribution is 6.31. The Morgan fingerprint density at radius 2 is 1.95 bits per heavy atom. The number of aromatic nitrogens is 1. The van der Waals surface area contributed by atoms with Crippen molar-refractivity contribution >= 4 is 28.7 Å². The van der Waals surface area contributed by atoms with Gasteiger partial charge in [-0.05, 0) is 23.8 Å². The van der Waals surface area contributed by atoms with Gasteiger partial charge in [0.25, 0.3) is 0 Å². The molecule has 3 rings (SSSR count). The predicted octanol–water partition coefficient (Wildman–Crippen LogP) is 3.01. The molecule has 0 bridgehead atoms. The third-order valence-electron chi connectivity index (χ3n) is 3.03. The van der Waals surface area contributed by atoms with Crippen molar-refractivity contribution in [3.63, 3.8) is 0 Å². The van der Waals surface area contributed by atoms with E-state index in [-0.39, 0.29) is 0 Å². The molecule has 0 fully saturated rings. The van der Waals surface area contributed by atoms with Crippen LogP contribution in [0.15, 0.2) is 57.7 Å². The molecule has 0 aliphatic rings. The minimum atomic E-state index is -0.738. The highest BCUT2D eigenvalue weighted by Crippen LogP contribution is 2.18. The standard InChI is InChI=1S/C15H11ClN2O3/c16-11-6-7-13-12(8-11)18(15(20)21-13)14(19)17-9-10-4-2-1-3-5-10/h1-8H,9H2,(H,17,19). The highest BCUT2D eigenvalue weighted by atomic mass is 35.5. The molecule has 1 aromatic heterocycles. The van der Waals surface area contributed by atoms with Gasteiger partial charge in [0, 0.05) is 11.6 Å². The number of amides is 1. The minimum absolute atomic E-state index is 0.319. The van der Waals surface area contributed by atoms with E-state index in [1.165, 1.54) is 6.07 Å². The third kappa shape index (κ3) is 2.68. The molecule has 0 unspecified atom stereocenters. The van der Waals surface area contributed by atoms with Crippen molar-refractivity contribution < 1.29 is 9.21 Å². The lowest BCUT2D eigenvalue weighted by molar-refractivity contribution is 0.241. The van der Waals surface area contributed by atoms with Crippen molar-refractivity contribution in [3.8, 4) is 0 Å². The average molecular weight is 303 g/mol. The molecule has 0 aliphatic heterocycles. The summed E-state index contributed by atoms with van der Waals surface area (Å²) in [5.41, 5.74) is 1.60. The summed E-state index contributed by atoms with van der Waals surface area (Å²) in [5, 5.41) is 3.10. The zero-order valence-electron chi connectivity index (χ0n) is 10.9. The third-order valence-corrected chi connectivity index (χ3v) is 3.27. The fraction of sp³-hybridized carbons (Fsp3) is 0.0667. The van der Waals surface area contributed by atoms with Crippen LogP contribution in [-0.4, -0.2) is 10.6 Å². The van der Waals surface area contributed by atoms with Crippen molar-refractivity contribution in [1.29, 1.82) is 0 Å². The Kier molecular flexibility index (Phi) is 3.50. The van der Waals surface area contributed by atoms with Crippen LogP contribution in [0.25, 0.3) is 11.1 Å². The van der Waals surface area contributed by atoms with E-state index >= 15 is 0 Å². The number of hydrogen-bond donors (Lipinski definition) is 1. The number of nitrogens with one attached hydrogen (secondary N) is 1. The first kappa shape index (κ1) is 13.5. The second-order valence-electron chi connectivity index (χ2n) is 4.46. The maximum Gasteiger partial charge on any atom is 0.428 e. The van der Waals surface area contributed by atoms with Gasteiger partial charge in [-0.3, -0.25) is 0 Å². The van der Waals surface area contributed by atoms with Crippen molar-refractivity contribution in [3.05, 3.63) is 69.7 Å². The van der Waals surface area contributed by atoms with Gasteiger partial charge in [-0.2, -0.15) is 4.57 Å². The molecule has 1 amide bonds. The van der Waals surface area contributed by atoms with Gasteiger partial charge in [0.15, 0.2) is 5.58 Å². The summed E-state index contributed by atoms with van der Waals surface area (Å²) in [6, 6.07) is 13.5. The molecule has 0 saturated heterocycles. The monoisotopic (exact) mass is 302 g/mol. The highest BCUT2D eigenvalue weighted by Gasteiger charge is 2.15. The van der Waals surface area contributed by atoms with Crippen LogP contribution in [0.1, 0.15) is 5.56 Å². The molecule has 6 heteroatoms. The largest absolute Gasteiger partial charge is 0.428 e. The quantitative estimate of drug-likeness (QED) is 0.791. The van der Waals surface area contributed by atoms with E-state index in [1.54, 1.807) is 12.1 Å². The minimum Gasteiger partial charge on any atom is -0.407 e. The fourth-order valence-corrected chi connectivity index (χ4v) is 2.20. The van der Waals surface area contributed by atoms with E-state index in [0.29, 0.717) is 22.7 Å². The van der Waals surface area contributed by atoms with Crippen LogP contribution in [0.5, 0.6) is 0 Å². The fourth-order valence-electron chi connectivity index (χ4n) is 2.03. The van der Waals surface area contributed by atoms with Crippen LogP contribution >= 0.6 is 11.6 Å². The number of nitrogens with zero attached hydrogens (tertiary/aromatic N) is 1. The molecule has 0 atom stereocenters. The predicted molar refractivity (Wildman–Crippen MR) is 79.6 cm³/mol. The summed E-state index contributed by atoms with van der Waals surface area (Å²) in [6.45, 7) is 0.319. The van der Waals surface area contributed by atoms with Gasteiger partial charge in [0.2, 0.25) is 0 Å². The first-order chi connectivity index (χ1) is 10.1. The van der Waals surface area contributed by atoms with E-state index < -0.39 is 11.8 Å². The number of oxazole rings is 1. The molecule has 21 heavy (non-hydrogen) atoms. The summed E-state index contributed by atoms with van der Waals surface area (Å²) in [4.78, 5) is 24.0. The Labute approximate surface area is 124 Å². The summed E-state index contributed by atoms with van der Waals surface area (Å²) < 4.78 is 5.95. The zero-order chi connectivity index (χ0) is 14.8. The Morgan fingerprint density at radius 1 is 1.19 bits per heavy atom. The van der Waals surface area contributed by atoms with Crippen molar-refractivity contribution in [1.82, 2.24) is 9.88 Å². The number of rotatable bonds is 2. The molecule has 1 heterocycles. The Balaban J connectivity index is 1.89. The molecule has 0 saturated carbocycles. The second kappa shape index (κ2) is 5.46. The van der Waals surface area contributed by atoms with Gasteiger partial charge in [-0.15, -0.1) is 0 Å². The number of carbonyl (C=O) groups excluding carboxylic acids is 1. The molecule has 0 aliphatic carbocycles. The van der Waals surface area contributed by atoms with E-state index in [9.17, 15) is 9.59 Å². The second-order valence-corrected chi connectivity index (χ2v) is 4.90. The molecule has 1 N–H and O–H groups in total. The van der Waals surface area contributed by atoms with Gasteiger partial charge in [-0.25, -0.2) is 9.59 Å². The van der Waals surface area contributed by atoms with Crippen molar-refractivity contribution in [2.75, 3.05) is 0 Å². The number of benzene rings is 2. The number of hydrogen-bond acceptors (Lipinski definition) is 3. The average Bonchev–Trinajstić information content (AvgIpc) is 2.81. The van der Waals surface area contributed by atoms with Crippen LogP contribution in [0.3, 0.4) is 0 Å². The van der Waals surface area contributed by atoms with Gasteiger partial charge in [-0.1, -0.05) is 41.9 Å². The normalized spacial score (nSPS) is 10.7. The summed E-state index contributed by atoms with van der Waals surface area (Å²) >= 11 is 5.89. The van der Waals surface area contributed by atoms with Crippen LogP contribution in [0.2, 0.25) is 5.02 Å². The van der Waals surface area contributed by atoms with E-state index in [1.807, 2.05) is 30.3 Å². The lowest BCUT2D eigenvalue weighted by atomic mass is 10.2. The molecule has 5 nitrogen and oxygen atoms in total. The van der Waals surface area contributed by atoms with Gasteiger partial charge >= 0.3 is 11.8 Å². The first-order valence-electron chi connectivity index (χ1n) is 6.28. The topological polar surface area (TPSA) is 64.2 Å². The van der Waals surface area contributed by atoms with Crippen LogP contribution < -0.4 is 11.1 Å². The molecule has 106 valence electrons.